The molecule has 0 aliphatic heterocycles. The highest BCUT2D eigenvalue weighted by Crippen LogP contribution is 2.22. The van der Waals surface area contributed by atoms with Gasteiger partial charge in [-0.05, 0) is 6.92 Å². The monoisotopic (exact) mass is 278 g/mol. The van der Waals surface area contributed by atoms with Crippen LogP contribution in [0.3, 0.4) is 0 Å². The van der Waals surface area contributed by atoms with Gasteiger partial charge >= 0.3 is 0 Å². The average Bonchev–Trinajstić information content (AvgIpc) is 2.99. The first-order valence-electron chi connectivity index (χ1n) is 5.59. The summed E-state index contributed by atoms with van der Waals surface area (Å²) in [5.41, 5.74) is 0.801. The van der Waals surface area contributed by atoms with Crippen molar-refractivity contribution in [1.82, 2.24) is 34.3 Å². The highest BCUT2D eigenvalue weighted by atomic mass is 35.5. The molecule has 0 bridgehead atoms. The summed E-state index contributed by atoms with van der Waals surface area (Å²) in [5, 5.41) is 11.9. The second-order valence-corrected chi connectivity index (χ2v) is 4.39. The molecule has 3 rings (SSSR count). The third kappa shape index (κ3) is 2.10. The molecule has 0 radical (unpaired) electrons. The molecule has 3 aromatic heterocycles. The predicted molar refractivity (Wildman–Crippen MR) is 68.9 cm³/mol. The summed E-state index contributed by atoms with van der Waals surface area (Å²) >= 11 is 6.07. The van der Waals surface area contributed by atoms with Crippen LogP contribution in [0.1, 0.15) is 11.4 Å². The van der Waals surface area contributed by atoms with Crippen molar-refractivity contribution in [3.8, 4) is 0 Å². The zero-order valence-electron chi connectivity index (χ0n) is 10.4. The fraction of sp³-hybridized carbons (Fsp3) is 0.300. The van der Waals surface area contributed by atoms with Crippen LogP contribution in [0.25, 0.3) is 5.78 Å². The van der Waals surface area contributed by atoms with Gasteiger partial charge in [0.25, 0.3) is 5.78 Å². The molecular weight excluding hydrogens is 268 g/mol. The Balaban J connectivity index is 1.95. The van der Waals surface area contributed by atoms with Gasteiger partial charge in [0.15, 0.2) is 5.82 Å². The minimum absolute atomic E-state index is 0.400. The maximum absolute atomic E-state index is 6.07. The smallest absolute Gasteiger partial charge is 0.255 e. The van der Waals surface area contributed by atoms with E-state index in [1.165, 1.54) is 6.33 Å². The molecule has 9 heteroatoms. The van der Waals surface area contributed by atoms with E-state index in [1.807, 2.05) is 14.0 Å². The molecule has 3 aromatic rings. The number of rotatable bonds is 3. The summed E-state index contributed by atoms with van der Waals surface area (Å²) in [7, 11) is 1.82. The zero-order valence-corrected chi connectivity index (χ0v) is 11.1. The van der Waals surface area contributed by atoms with Crippen molar-refractivity contribution in [2.24, 2.45) is 7.05 Å². The van der Waals surface area contributed by atoms with Crippen LogP contribution in [-0.4, -0.2) is 34.3 Å². The van der Waals surface area contributed by atoms with Gasteiger partial charge in [-0.25, -0.2) is 4.98 Å². The van der Waals surface area contributed by atoms with E-state index in [1.54, 1.807) is 15.5 Å². The molecule has 98 valence electrons. The van der Waals surface area contributed by atoms with Gasteiger partial charge < -0.3 is 5.32 Å². The zero-order chi connectivity index (χ0) is 13.4. The maximum Gasteiger partial charge on any atom is 0.255 e. The lowest BCUT2D eigenvalue weighted by molar-refractivity contribution is 0.746. The molecule has 0 amide bonds. The normalized spacial score (nSPS) is 11.1. The molecule has 0 aliphatic carbocycles. The van der Waals surface area contributed by atoms with Crippen LogP contribution < -0.4 is 5.32 Å². The number of nitrogens with zero attached hydrogens (tertiary/aromatic N) is 7. The summed E-state index contributed by atoms with van der Waals surface area (Å²) in [6.07, 6.45) is 3.08. The van der Waals surface area contributed by atoms with Crippen molar-refractivity contribution >= 4 is 23.2 Å². The second kappa shape index (κ2) is 4.47. The van der Waals surface area contributed by atoms with Gasteiger partial charge in [0.05, 0.1) is 6.54 Å². The molecule has 0 fully saturated rings. The lowest BCUT2D eigenvalue weighted by Gasteiger charge is -2.10. The number of fused-ring (bicyclic) bond motifs is 1. The number of hydrogen-bond donors (Lipinski definition) is 1. The van der Waals surface area contributed by atoms with Gasteiger partial charge in [-0.2, -0.15) is 24.7 Å². The van der Waals surface area contributed by atoms with Crippen molar-refractivity contribution in [2.45, 2.75) is 13.5 Å². The summed E-state index contributed by atoms with van der Waals surface area (Å²) in [6, 6.07) is 0. The van der Waals surface area contributed by atoms with Crippen molar-refractivity contribution in [3.05, 3.63) is 29.2 Å². The summed E-state index contributed by atoms with van der Waals surface area (Å²) in [5.74, 6) is 1.87. The SMILES string of the molecule is Cc1c(Cl)nc2ncnn2c1NCc1ncn(C)n1. The molecule has 19 heavy (non-hydrogen) atoms. The van der Waals surface area contributed by atoms with Crippen molar-refractivity contribution < 1.29 is 0 Å². The Hall–Kier alpha value is -2.22. The van der Waals surface area contributed by atoms with Gasteiger partial charge in [0.2, 0.25) is 0 Å². The Bertz CT molecular complexity index is 730. The van der Waals surface area contributed by atoms with Crippen molar-refractivity contribution in [1.29, 1.82) is 0 Å². The molecule has 0 spiro atoms. The third-order valence-electron chi connectivity index (χ3n) is 2.67. The number of aryl methyl sites for hydroxylation is 1. The van der Waals surface area contributed by atoms with Crippen LogP contribution in [0, 0.1) is 6.92 Å². The largest absolute Gasteiger partial charge is 0.362 e. The molecule has 0 unspecified atom stereocenters. The number of hydrogen-bond acceptors (Lipinski definition) is 6. The highest BCUT2D eigenvalue weighted by molar-refractivity contribution is 6.30. The Morgan fingerprint density at radius 3 is 2.95 bits per heavy atom. The van der Waals surface area contributed by atoms with E-state index in [0.717, 1.165) is 11.4 Å². The topological polar surface area (TPSA) is 85.8 Å². The van der Waals surface area contributed by atoms with E-state index in [-0.39, 0.29) is 0 Å². The molecule has 0 aliphatic rings. The van der Waals surface area contributed by atoms with Crippen molar-refractivity contribution in [2.75, 3.05) is 5.32 Å². The lowest BCUT2D eigenvalue weighted by Crippen LogP contribution is -2.10. The van der Waals surface area contributed by atoms with Gasteiger partial charge in [-0.1, -0.05) is 11.6 Å². The highest BCUT2D eigenvalue weighted by Gasteiger charge is 2.12. The van der Waals surface area contributed by atoms with E-state index < -0.39 is 0 Å². The fourth-order valence-electron chi connectivity index (χ4n) is 1.73. The first-order valence-corrected chi connectivity index (χ1v) is 5.97. The Labute approximate surface area is 113 Å². The van der Waals surface area contributed by atoms with Crippen LogP contribution in [0.4, 0.5) is 5.82 Å². The third-order valence-corrected chi connectivity index (χ3v) is 3.03. The number of nitrogens with one attached hydrogen (secondary N) is 1. The minimum Gasteiger partial charge on any atom is -0.362 e. The van der Waals surface area contributed by atoms with E-state index in [2.05, 4.69) is 30.5 Å². The van der Waals surface area contributed by atoms with E-state index in [9.17, 15) is 0 Å². The van der Waals surface area contributed by atoms with Crippen molar-refractivity contribution in [3.63, 3.8) is 0 Å². The van der Waals surface area contributed by atoms with Crippen LogP contribution >= 0.6 is 11.6 Å². The molecular formula is C10H11ClN8. The Kier molecular flexibility index (Phi) is 2.79. The number of halogens is 1. The van der Waals surface area contributed by atoms with Crippen LogP contribution in [0.2, 0.25) is 5.15 Å². The molecule has 0 saturated carbocycles. The fourth-order valence-corrected chi connectivity index (χ4v) is 1.90. The first kappa shape index (κ1) is 11.8. The summed E-state index contributed by atoms with van der Waals surface area (Å²) in [6.45, 7) is 2.33. The van der Waals surface area contributed by atoms with E-state index in [4.69, 9.17) is 11.6 Å². The predicted octanol–water partition coefficient (Wildman–Crippen LogP) is 0.827. The molecule has 8 nitrogen and oxygen atoms in total. The molecule has 3 heterocycles. The first-order chi connectivity index (χ1) is 9.15. The second-order valence-electron chi connectivity index (χ2n) is 4.04. The van der Waals surface area contributed by atoms with E-state index >= 15 is 0 Å². The standard InChI is InChI=1S/C10H11ClN8/c1-6-8(11)16-10-13-4-15-19(10)9(6)12-3-7-14-5-18(2)17-7/h4-5,12H,3H2,1-2H3. The van der Waals surface area contributed by atoms with Gasteiger partial charge in [0.1, 0.15) is 23.6 Å². The van der Waals surface area contributed by atoms with Gasteiger partial charge in [-0.15, -0.1) is 0 Å². The molecule has 0 atom stereocenters. The van der Waals surface area contributed by atoms with E-state index in [0.29, 0.717) is 23.3 Å². The summed E-state index contributed by atoms with van der Waals surface area (Å²) < 4.78 is 3.25. The Morgan fingerprint density at radius 2 is 2.21 bits per heavy atom. The number of aromatic nitrogens is 7. The maximum atomic E-state index is 6.07. The quantitative estimate of drug-likeness (QED) is 0.714. The Morgan fingerprint density at radius 1 is 1.37 bits per heavy atom. The van der Waals surface area contributed by atoms with Gasteiger partial charge in [-0.3, -0.25) is 4.68 Å². The number of anilines is 1. The van der Waals surface area contributed by atoms with Crippen LogP contribution in [0.15, 0.2) is 12.7 Å². The molecule has 0 saturated heterocycles. The molecule has 1 N–H and O–H groups in total. The summed E-state index contributed by atoms with van der Waals surface area (Å²) in [4.78, 5) is 12.3. The van der Waals surface area contributed by atoms with Crippen LogP contribution in [0.5, 0.6) is 0 Å². The van der Waals surface area contributed by atoms with Gasteiger partial charge in [0, 0.05) is 12.6 Å². The lowest BCUT2D eigenvalue weighted by atomic mass is 10.3. The molecule has 0 aromatic carbocycles. The minimum atomic E-state index is 0.400. The van der Waals surface area contributed by atoms with Crippen LogP contribution in [-0.2, 0) is 13.6 Å². The average molecular weight is 279 g/mol.